The Labute approximate surface area is 200 Å². The molecule has 9 heteroatoms. The number of nitrogens with zero attached hydrogens (tertiary/aromatic N) is 1. The first kappa shape index (κ1) is 25.2. The molecule has 8 nitrogen and oxygen atoms in total. The molecule has 0 aliphatic rings. The molecule has 3 rings (SSSR count). The van der Waals surface area contributed by atoms with E-state index < -0.39 is 28.5 Å². The van der Waals surface area contributed by atoms with Gasteiger partial charge in [0.1, 0.15) is 11.8 Å². The molecule has 0 aliphatic carbocycles. The number of hydrogen-bond acceptors (Lipinski definition) is 5. The zero-order valence-electron chi connectivity index (χ0n) is 19.4. The zero-order chi connectivity index (χ0) is 24.7. The molecule has 0 unspecified atom stereocenters. The first-order valence-electron chi connectivity index (χ1n) is 10.9. The Morgan fingerprint density at radius 3 is 2.35 bits per heavy atom. The van der Waals surface area contributed by atoms with Crippen molar-refractivity contribution >= 4 is 27.5 Å². The minimum Gasteiger partial charge on any atom is -0.467 e. The molecule has 0 bridgehead atoms. The summed E-state index contributed by atoms with van der Waals surface area (Å²) < 4.78 is 32.9. The number of amides is 2. The number of hydrogen-bond donors (Lipinski definition) is 2. The van der Waals surface area contributed by atoms with Crippen molar-refractivity contribution in [3.05, 3.63) is 84.3 Å². The van der Waals surface area contributed by atoms with Crippen LogP contribution in [-0.2, 0) is 26.2 Å². The van der Waals surface area contributed by atoms with Gasteiger partial charge in [-0.2, -0.15) is 0 Å². The van der Waals surface area contributed by atoms with Gasteiger partial charge in [0.05, 0.1) is 24.2 Å². The van der Waals surface area contributed by atoms with Gasteiger partial charge in [0, 0.05) is 5.69 Å². The Morgan fingerprint density at radius 2 is 1.74 bits per heavy atom. The van der Waals surface area contributed by atoms with Crippen molar-refractivity contribution in [2.24, 2.45) is 5.92 Å². The molecule has 0 radical (unpaired) electrons. The van der Waals surface area contributed by atoms with E-state index in [0.29, 0.717) is 11.4 Å². The van der Waals surface area contributed by atoms with E-state index in [2.05, 4.69) is 10.0 Å². The maximum absolute atomic E-state index is 13.4. The third-order valence-corrected chi connectivity index (χ3v) is 6.63. The monoisotopic (exact) mass is 483 g/mol. The molecular weight excluding hydrogens is 454 g/mol. The number of aryl methyl sites for hydroxylation is 1. The number of sulfonamides is 1. The Hall–Kier alpha value is -3.43. The lowest BCUT2D eigenvalue weighted by atomic mass is 10.00. The first-order valence-corrected chi connectivity index (χ1v) is 12.4. The largest absolute Gasteiger partial charge is 0.467 e. The van der Waals surface area contributed by atoms with Gasteiger partial charge >= 0.3 is 0 Å². The minimum atomic E-state index is -3.90. The lowest BCUT2D eigenvalue weighted by Gasteiger charge is -2.34. The fourth-order valence-corrected chi connectivity index (χ4v) is 4.57. The van der Waals surface area contributed by atoms with Crippen LogP contribution in [0.3, 0.4) is 0 Å². The first-order chi connectivity index (χ1) is 16.2. The fraction of sp³-hybridized carbons (Fsp3) is 0.280. The van der Waals surface area contributed by atoms with Crippen molar-refractivity contribution in [3.63, 3.8) is 0 Å². The smallest absolute Gasteiger partial charge is 0.243 e. The van der Waals surface area contributed by atoms with Gasteiger partial charge in [-0.3, -0.25) is 14.5 Å². The van der Waals surface area contributed by atoms with Gasteiger partial charge in [0.15, 0.2) is 0 Å². The summed E-state index contributed by atoms with van der Waals surface area (Å²) in [6.07, 6.45) is 1.52. The van der Waals surface area contributed by atoms with Crippen LogP contribution in [0.4, 0.5) is 5.69 Å². The third kappa shape index (κ3) is 6.33. The minimum absolute atomic E-state index is 0.0570. The summed E-state index contributed by atoms with van der Waals surface area (Å²) in [6, 6.07) is 17.6. The number of furan rings is 1. The number of benzene rings is 2. The number of carbonyl (C=O) groups excluding carboxylic acids is 2. The van der Waals surface area contributed by atoms with E-state index in [0.717, 1.165) is 5.56 Å². The summed E-state index contributed by atoms with van der Waals surface area (Å²) in [7, 11) is -3.90. The van der Waals surface area contributed by atoms with Crippen molar-refractivity contribution in [1.29, 1.82) is 0 Å². The summed E-state index contributed by atoms with van der Waals surface area (Å²) in [5, 5.41) is 2.82. The van der Waals surface area contributed by atoms with Crippen LogP contribution in [0.5, 0.6) is 0 Å². The highest BCUT2D eigenvalue weighted by Gasteiger charge is 2.34. The standard InChI is InChI=1S/C25H29N3O5S/c1-18(2)24(25(30)26-16-21-11-8-14-33-21)28(20-10-7-9-19(3)15-20)23(29)17-27-34(31,32)22-12-5-4-6-13-22/h4-15,18,24,27H,16-17H2,1-3H3,(H,26,30)/t24-/m0/s1. The SMILES string of the molecule is Cc1cccc(N(C(=O)CNS(=O)(=O)c2ccccc2)[C@H](C(=O)NCc2ccco2)C(C)C)c1. The maximum Gasteiger partial charge on any atom is 0.243 e. The molecule has 180 valence electrons. The second-order valence-electron chi connectivity index (χ2n) is 8.23. The molecule has 1 aromatic heterocycles. The van der Waals surface area contributed by atoms with E-state index in [1.807, 2.05) is 26.8 Å². The highest BCUT2D eigenvalue weighted by Crippen LogP contribution is 2.23. The van der Waals surface area contributed by atoms with E-state index in [-0.39, 0.29) is 23.3 Å². The molecule has 2 N–H and O–H groups in total. The third-order valence-electron chi connectivity index (χ3n) is 5.21. The van der Waals surface area contributed by atoms with E-state index in [9.17, 15) is 18.0 Å². The van der Waals surface area contributed by atoms with Gasteiger partial charge in [0.25, 0.3) is 0 Å². The van der Waals surface area contributed by atoms with Gasteiger partial charge in [-0.05, 0) is 54.8 Å². The Bertz CT molecular complexity index is 1210. The van der Waals surface area contributed by atoms with Crippen LogP contribution in [0.2, 0.25) is 0 Å². The molecule has 1 atom stereocenters. The Morgan fingerprint density at radius 1 is 1.00 bits per heavy atom. The van der Waals surface area contributed by atoms with Gasteiger partial charge in [-0.1, -0.05) is 44.2 Å². The molecular formula is C25H29N3O5S. The van der Waals surface area contributed by atoms with Crippen molar-refractivity contribution < 1.29 is 22.4 Å². The van der Waals surface area contributed by atoms with E-state index in [4.69, 9.17) is 4.42 Å². The second-order valence-corrected chi connectivity index (χ2v) is 9.99. The summed E-state index contributed by atoms with van der Waals surface area (Å²) in [5.74, 6) is -0.587. The summed E-state index contributed by atoms with van der Waals surface area (Å²) in [4.78, 5) is 28.1. The molecule has 2 aromatic carbocycles. The number of nitrogens with one attached hydrogen (secondary N) is 2. The molecule has 0 saturated heterocycles. The number of carbonyl (C=O) groups is 2. The van der Waals surface area contributed by atoms with Crippen LogP contribution >= 0.6 is 0 Å². The number of rotatable bonds is 10. The van der Waals surface area contributed by atoms with E-state index in [1.54, 1.807) is 48.5 Å². The zero-order valence-corrected chi connectivity index (χ0v) is 20.2. The summed E-state index contributed by atoms with van der Waals surface area (Å²) in [6.45, 7) is 5.22. The quantitative estimate of drug-likeness (QED) is 0.460. The summed E-state index contributed by atoms with van der Waals surface area (Å²) >= 11 is 0. The van der Waals surface area contributed by atoms with E-state index >= 15 is 0 Å². The highest BCUT2D eigenvalue weighted by atomic mass is 32.2. The van der Waals surface area contributed by atoms with E-state index in [1.165, 1.54) is 23.3 Å². The van der Waals surface area contributed by atoms with Crippen molar-refractivity contribution in [3.8, 4) is 0 Å². The fourth-order valence-electron chi connectivity index (χ4n) is 3.57. The molecule has 3 aromatic rings. The molecule has 0 spiro atoms. The Kier molecular flexibility index (Phi) is 8.25. The van der Waals surface area contributed by atoms with Gasteiger partial charge in [-0.25, -0.2) is 13.1 Å². The lowest BCUT2D eigenvalue weighted by Crippen LogP contribution is -2.54. The highest BCUT2D eigenvalue weighted by molar-refractivity contribution is 7.89. The topological polar surface area (TPSA) is 109 Å². The van der Waals surface area contributed by atoms with Crippen LogP contribution in [0.1, 0.15) is 25.2 Å². The summed E-state index contributed by atoms with van der Waals surface area (Å²) in [5.41, 5.74) is 1.41. The predicted molar refractivity (Wildman–Crippen MR) is 129 cm³/mol. The van der Waals surface area contributed by atoms with Crippen LogP contribution in [0, 0.1) is 12.8 Å². The molecule has 1 heterocycles. The molecule has 0 aliphatic heterocycles. The predicted octanol–water partition coefficient (Wildman–Crippen LogP) is 3.24. The molecule has 0 fully saturated rings. The lowest BCUT2D eigenvalue weighted by molar-refractivity contribution is -0.127. The maximum atomic E-state index is 13.4. The molecule has 2 amide bonds. The van der Waals surface area contributed by atoms with Crippen LogP contribution in [0.25, 0.3) is 0 Å². The van der Waals surface area contributed by atoms with Gasteiger partial charge in [-0.15, -0.1) is 0 Å². The number of anilines is 1. The second kappa shape index (κ2) is 11.1. The van der Waals surface area contributed by atoms with Crippen molar-refractivity contribution in [2.75, 3.05) is 11.4 Å². The molecule has 0 saturated carbocycles. The van der Waals surface area contributed by atoms with Crippen molar-refractivity contribution in [1.82, 2.24) is 10.0 Å². The Balaban J connectivity index is 1.87. The van der Waals surface area contributed by atoms with Gasteiger partial charge in [0.2, 0.25) is 21.8 Å². The van der Waals surface area contributed by atoms with Crippen LogP contribution in [0.15, 0.2) is 82.3 Å². The average Bonchev–Trinajstić information content (AvgIpc) is 3.33. The normalized spacial score (nSPS) is 12.4. The average molecular weight is 484 g/mol. The van der Waals surface area contributed by atoms with Crippen LogP contribution < -0.4 is 14.9 Å². The molecule has 34 heavy (non-hydrogen) atoms. The van der Waals surface area contributed by atoms with Crippen molar-refractivity contribution in [2.45, 2.75) is 38.3 Å². The van der Waals surface area contributed by atoms with Crippen LogP contribution in [-0.4, -0.2) is 32.8 Å². The van der Waals surface area contributed by atoms with Gasteiger partial charge < -0.3 is 9.73 Å².